The van der Waals surface area contributed by atoms with Crippen molar-refractivity contribution in [2.24, 2.45) is 11.8 Å². The molecular formula is C14H27BrO4Si. The van der Waals surface area contributed by atoms with Crippen molar-refractivity contribution in [3.8, 4) is 0 Å². The van der Waals surface area contributed by atoms with Crippen LogP contribution < -0.4 is 0 Å². The highest BCUT2D eigenvalue weighted by molar-refractivity contribution is 9.09. The Hall–Kier alpha value is 0.247. The maximum absolute atomic E-state index is 11.3. The molecular weight excluding hydrogens is 340 g/mol. The first kappa shape index (κ1) is 18.3. The van der Waals surface area contributed by atoms with Crippen molar-refractivity contribution in [3.05, 3.63) is 0 Å². The molecule has 0 aliphatic carbocycles. The van der Waals surface area contributed by atoms with E-state index in [0.717, 1.165) is 6.29 Å². The molecule has 0 N–H and O–H groups in total. The van der Waals surface area contributed by atoms with Gasteiger partial charge in [-0.3, -0.25) is 0 Å². The molecule has 0 bridgehead atoms. The molecule has 6 heteroatoms. The molecule has 0 aromatic rings. The minimum absolute atomic E-state index is 0.0729. The topological polar surface area (TPSA) is 44.8 Å². The lowest BCUT2D eigenvalue weighted by Crippen LogP contribution is -2.54. The molecule has 0 aromatic heterocycles. The Balaban J connectivity index is 3.09. The van der Waals surface area contributed by atoms with Crippen LogP contribution in [0.3, 0.4) is 0 Å². The zero-order valence-electron chi connectivity index (χ0n) is 13.5. The molecule has 1 heterocycles. The Morgan fingerprint density at radius 2 is 1.95 bits per heavy atom. The van der Waals surface area contributed by atoms with Crippen molar-refractivity contribution in [1.29, 1.82) is 0 Å². The number of methoxy groups -OCH3 is 1. The Morgan fingerprint density at radius 1 is 1.40 bits per heavy atom. The van der Waals surface area contributed by atoms with E-state index in [-0.39, 0.29) is 29.1 Å². The number of ether oxygens (including phenoxy) is 2. The fraction of sp³-hybridized carbons (Fsp3) is 0.929. The van der Waals surface area contributed by atoms with Crippen molar-refractivity contribution in [3.63, 3.8) is 0 Å². The van der Waals surface area contributed by atoms with E-state index in [9.17, 15) is 4.79 Å². The first-order valence-electron chi connectivity index (χ1n) is 7.04. The van der Waals surface area contributed by atoms with E-state index >= 15 is 0 Å². The van der Waals surface area contributed by atoms with Crippen LogP contribution in [0.2, 0.25) is 19.6 Å². The summed E-state index contributed by atoms with van der Waals surface area (Å²) >= 11 is 3.73. The van der Waals surface area contributed by atoms with E-state index in [0.29, 0.717) is 0 Å². The molecule has 20 heavy (non-hydrogen) atoms. The summed E-state index contributed by atoms with van der Waals surface area (Å²) < 4.78 is 17.8. The summed E-state index contributed by atoms with van der Waals surface area (Å²) in [7, 11) is -0.155. The quantitative estimate of drug-likeness (QED) is 0.411. The molecule has 0 spiro atoms. The van der Waals surface area contributed by atoms with Crippen LogP contribution in [0.15, 0.2) is 0 Å². The second-order valence-electron chi connectivity index (χ2n) is 6.81. The summed E-state index contributed by atoms with van der Waals surface area (Å²) in [6, 6.07) is 0. The molecule has 6 atom stereocenters. The second-order valence-corrected chi connectivity index (χ2v) is 12.3. The lowest BCUT2D eigenvalue weighted by atomic mass is 9.85. The van der Waals surface area contributed by atoms with Crippen molar-refractivity contribution in [1.82, 2.24) is 0 Å². The van der Waals surface area contributed by atoms with Crippen LogP contribution in [0.1, 0.15) is 20.8 Å². The third-order valence-corrected chi connectivity index (χ3v) is 6.48. The van der Waals surface area contributed by atoms with Gasteiger partial charge in [0.05, 0.1) is 10.9 Å². The third kappa shape index (κ3) is 3.71. The average Bonchev–Trinajstić information content (AvgIpc) is 2.59. The molecule has 0 saturated carbocycles. The van der Waals surface area contributed by atoms with Crippen LogP contribution in [0.5, 0.6) is 0 Å². The molecule has 0 radical (unpaired) electrons. The number of carbonyl (C=O) groups is 1. The van der Waals surface area contributed by atoms with Gasteiger partial charge >= 0.3 is 0 Å². The molecule has 0 aromatic carbocycles. The highest BCUT2D eigenvalue weighted by Crippen LogP contribution is 2.45. The molecule has 1 aliphatic rings. The molecule has 118 valence electrons. The van der Waals surface area contributed by atoms with Crippen LogP contribution in [-0.4, -0.2) is 44.5 Å². The van der Waals surface area contributed by atoms with Gasteiger partial charge in [-0.2, -0.15) is 0 Å². The van der Waals surface area contributed by atoms with Gasteiger partial charge in [0.1, 0.15) is 11.9 Å². The maximum Gasteiger partial charge on any atom is 0.184 e. The summed E-state index contributed by atoms with van der Waals surface area (Å²) in [6.07, 6.45) is 0.388. The van der Waals surface area contributed by atoms with E-state index in [1.54, 1.807) is 7.11 Å². The molecule has 1 fully saturated rings. The van der Waals surface area contributed by atoms with E-state index < -0.39 is 13.9 Å². The number of rotatable bonds is 6. The van der Waals surface area contributed by atoms with Gasteiger partial charge in [0.2, 0.25) is 0 Å². The standard InChI is InChI=1S/C14H27BrO4Si/c1-9(8-16)12(19-20(5,6)7)14(3)11(15)10(2)13(17-4)18-14/h8-13H,1-7H3/t9-,10+,11+,12+,13+,14+/m0/s1. The predicted molar refractivity (Wildman–Crippen MR) is 85.6 cm³/mol. The first-order valence-corrected chi connectivity index (χ1v) is 11.4. The summed E-state index contributed by atoms with van der Waals surface area (Å²) in [4.78, 5) is 11.4. The summed E-state index contributed by atoms with van der Waals surface area (Å²) in [5.74, 6) is -0.0360. The Morgan fingerprint density at radius 3 is 2.30 bits per heavy atom. The number of alkyl halides is 1. The van der Waals surface area contributed by atoms with Crippen LogP contribution in [0, 0.1) is 11.8 Å². The van der Waals surface area contributed by atoms with E-state index in [1.165, 1.54) is 0 Å². The zero-order chi connectivity index (χ0) is 15.7. The molecule has 1 rings (SSSR count). The van der Waals surface area contributed by atoms with Gasteiger partial charge in [-0.1, -0.05) is 29.8 Å². The Labute approximate surface area is 131 Å². The zero-order valence-corrected chi connectivity index (χ0v) is 16.1. The summed E-state index contributed by atoms with van der Waals surface area (Å²) in [6.45, 7) is 12.3. The van der Waals surface area contributed by atoms with Crippen molar-refractivity contribution in [2.45, 2.75) is 63.2 Å². The predicted octanol–water partition coefficient (Wildman–Crippen LogP) is 3.20. The van der Waals surface area contributed by atoms with Gasteiger partial charge in [0.15, 0.2) is 14.6 Å². The fourth-order valence-electron chi connectivity index (χ4n) is 2.77. The highest BCUT2D eigenvalue weighted by atomic mass is 79.9. The Bertz CT molecular complexity index is 347. The van der Waals surface area contributed by atoms with Gasteiger partial charge in [0.25, 0.3) is 0 Å². The number of hydrogen-bond acceptors (Lipinski definition) is 4. The molecule has 1 aliphatic heterocycles. The monoisotopic (exact) mass is 366 g/mol. The highest BCUT2D eigenvalue weighted by Gasteiger charge is 2.56. The third-order valence-electron chi connectivity index (χ3n) is 3.78. The smallest absolute Gasteiger partial charge is 0.184 e. The molecule has 0 amide bonds. The van der Waals surface area contributed by atoms with Crippen LogP contribution in [-0.2, 0) is 18.7 Å². The number of carbonyl (C=O) groups excluding carboxylic acids is 1. The van der Waals surface area contributed by atoms with Gasteiger partial charge in [-0.25, -0.2) is 0 Å². The molecule has 0 unspecified atom stereocenters. The average molecular weight is 367 g/mol. The second kappa shape index (κ2) is 6.56. The van der Waals surface area contributed by atoms with E-state index in [2.05, 4.69) is 42.5 Å². The van der Waals surface area contributed by atoms with Crippen LogP contribution >= 0.6 is 15.9 Å². The van der Waals surface area contributed by atoms with E-state index in [1.807, 2.05) is 13.8 Å². The SMILES string of the molecule is CO[C@@H]1O[C@@](C)([C@H](O[Si](C)(C)C)[C@@H](C)C=O)[C@H](Br)[C@H]1C. The lowest BCUT2D eigenvalue weighted by Gasteiger charge is -2.41. The van der Waals surface area contributed by atoms with Gasteiger partial charge in [-0.15, -0.1) is 0 Å². The van der Waals surface area contributed by atoms with Gasteiger partial charge < -0.3 is 18.7 Å². The normalized spacial score (nSPS) is 37.7. The van der Waals surface area contributed by atoms with Crippen LogP contribution in [0.25, 0.3) is 0 Å². The largest absolute Gasteiger partial charge is 0.411 e. The minimum atomic E-state index is -1.80. The first-order chi connectivity index (χ1) is 9.06. The summed E-state index contributed by atoms with van der Waals surface area (Å²) in [5, 5.41) is 0. The minimum Gasteiger partial charge on any atom is -0.411 e. The Kier molecular flexibility index (Phi) is 6.00. The number of hydrogen-bond donors (Lipinski definition) is 0. The van der Waals surface area contributed by atoms with Gasteiger partial charge in [0, 0.05) is 18.9 Å². The number of aldehydes is 1. The lowest BCUT2D eigenvalue weighted by molar-refractivity contribution is -0.190. The van der Waals surface area contributed by atoms with E-state index in [4.69, 9.17) is 13.9 Å². The van der Waals surface area contributed by atoms with Crippen molar-refractivity contribution >= 4 is 30.5 Å². The van der Waals surface area contributed by atoms with Crippen molar-refractivity contribution < 1.29 is 18.7 Å². The fourth-order valence-corrected chi connectivity index (χ4v) is 4.60. The number of halogens is 1. The summed E-state index contributed by atoms with van der Waals surface area (Å²) in [5.41, 5.74) is -0.583. The van der Waals surface area contributed by atoms with Crippen molar-refractivity contribution in [2.75, 3.05) is 7.11 Å². The molecule has 4 nitrogen and oxygen atoms in total. The van der Waals surface area contributed by atoms with Gasteiger partial charge in [-0.05, 0) is 26.6 Å². The molecule has 1 saturated heterocycles. The maximum atomic E-state index is 11.3. The van der Waals surface area contributed by atoms with Crippen LogP contribution in [0.4, 0.5) is 0 Å².